The van der Waals surface area contributed by atoms with Crippen molar-refractivity contribution >= 4 is 70.2 Å². The predicted octanol–water partition coefficient (Wildman–Crippen LogP) is 8.31. The number of nitrogens with zero attached hydrogens (tertiary/aromatic N) is 3. The van der Waals surface area contributed by atoms with Gasteiger partial charge in [0.1, 0.15) is 69.5 Å². The van der Waals surface area contributed by atoms with E-state index in [1.54, 1.807) is 18.2 Å². The Labute approximate surface area is 395 Å². The molecular weight excluding hydrogens is 933 g/mol. The number of cyclic esters (lactones) is 1. The molecule has 4 N–H and O–H groups in total. The SMILES string of the molecule is COc1ccc2c(O[C@@H]3C[C@H]4C(=O)N[C@]5(P(=O)(O)Cc6c(F)cccc6F)C[C@H]5CCCCC(=O)O[C@@H](C)[C@H](NC(=O)OC5CCCC5)C(=O)N4C3)cc(-c3csc(NC(C)C)n3)nc2c1Cl. The number of amides is 3. The highest BCUT2D eigenvalue weighted by atomic mass is 35.5. The minimum atomic E-state index is -4.67. The van der Waals surface area contributed by atoms with Crippen molar-refractivity contribution in [2.24, 2.45) is 5.92 Å². The first-order valence-corrected chi connectivity index (χ1v) is 25.7. The number of aromatic nitrogens is 2. The van der Waals surface area contributed by atoms with Crippen LogP contribution in [0, 0.1) is 17.6 Å². The molecule has 4 aliphatic rings. The number of carbonyl (C=O) groups excluding carboxylic acids is 4. The van der Waals surface area contributed by atoms with Crippen LogP contribution in [0.15, 0.2) is 41.8 Å². The molecule has 4 aromatic rings. The van der Waals surface area contributed by atoms with E-state index in [0.29, 0.717) is 65.3 Å². The van der Waals surface area contributed by atoms with Crippen LogP contribution in [0.2, 0.25) is 5.02 Å². The van der Waals surface area contributed by atoms with E-state index >= 15 is 4.79 Å². The number of pyridine rings is 1. The molecule has 0 bridgehead atoms. The molecule has 1 unspecified atom stereocenters. The van der Waals surface area contributed by atoms with E-state index in [1.165, 1.54) is 30.3 Å². The molecule has 4 heterocycles. The summed E-state index contributed by atoms with van der Waals surface area (Å²) in [7, 11) is -3.20. The van der Waals surface area contributed by atoms with Gasteiger partial charge in [0, 0.05) is 41.3 Å². The Morgan fingerprint density at radius 3 is 2.51 bits per heavy atom. The Kier molecular flexibility index (Phi) is 14.3. The molecule has 21 heteroatoms. The summed E-state index contributed by atoms with van der Waals surface area (Å²) in [6.07, 6.45) is -0.568. The van der Waals surface area contributed by atoms with E-state index in [1.807, 2.05) is 19.2 Å². The quantitative estimate of drug-likeness (QED) is 0.0825. The number of ether oxygens (including phenoxy) is 4. The van der Waals surface area contributed by atoms with Crippen molar-refractivity contribution in [1.29, 1.82) is 0 Å². The average Bonchev–Trinajstić information content (AvgIpc) is 3.69. The summed E-state index contributed by atoms with van der Waals surface area (Å²) >= 11 is 8.24. The molecular formula is C46H54ClF2N6O10PS. The average molecular weight is 987 g/mol. The third-order valence-corrected chi connectivity index (χ3v) is 16.7. The fraction of sp³-hybridized carbons (Fsp3) is 0.522. The highest BCUT2D eigenvalue weighted by Crippen LogP contribution is 2.71. The van der Waals surface area contributed by atoms with Crippen LogP contribution in [0.1, 0.15) is 90.5 Å². The molecule has 3 amide bonds. The van der Waals surface area contributed by atoms with Gasteiger partial charge in [0.2, 0.25) is 19.2 Å². The largest absolute Gasteiger partial charge is 0.495 e. The van der Waals surface area contributed by atoms with Gasteiger partial charge in [0.15, 0.2) is 5.13 Å². The van der Waals surface area contributed by atoms with Crippen LogP contribution in [0.5, 0.6) is 11.5 Å². The van der Waals surface area contributed by atoms with Gasteiger partial charge in [-0.05, 0) is 95.9 Å². The topological polar surface area (TPSA) is 208 Å². The Hall–Kier alpha value is -5.10. The lowest BCUT2D eigenvalue weighted by molar-refractivity contribution is -0.154. The molecule has 7 atom stereocenters. The number of esters is 1. The van der Waals surface area contributed by atoms with Crippen LogP contribution in [-0.2, 0) is 34.6 Å². The number of carbonyl (C=O) groups is 4. The van der Waals surface area contributed by atoms with Gasteiger partial charge in [0.05, 0.1) is 31.0 Å². The highest BCUT2D eigenvalue weighted by Gasteiger charge is 2.66. The van der Waals surface area contributed by atoms with Gasteiger partial charge in [-0.15, -0.1) is 11.3 Å². The van der Waals surface area contributed by atoms with Crippen LogP contribution in [0.25, 0.3) is 22.3 Å². The lowest BCUT2D eigenvalue weighted by atomic mass is 10.1. The number of alkyl carbamates (subject to hydrolysis) is 1. The van der Waals surface area contributed by atoms with Crippen LogP contribution in [0.4, 0.5) is 18.7 Å². The number of fused-ring (bicyclic) bond motifs is 3. The number of anilines is 1. The van der Waals surface area contributed by atoms with Crippen molar-refractivity contribution in [3.8, 4) is 22.9 Å². The van der Waals surface area contributed by atoms with Crippen molar-refractivity contribution in [1.82, 2.24) is 25.5 Å². The van der Waals surface area contributed by atoms with Gasteiger partial charge in [-0.3, -0.25) is 18.9 Å². The molecule has 360 valence electrons. The number of rotatable bonds is 11. The molecule has 67 heavy (non-hydrogen) atoms. The summed E-state index contributed by atoms with van der Waals surface area (Å²) in [5.74, 6) is -4.28. The molecule has 4 fully saturated rings. The van der Waals surface area contributed by atoms with Crippen LogP contribution in [0.3, 0.4) is 0 Å². The summed E-state index contributed by atoms with van der Waals surface area (Å²) in [4.78, 5) is 79.2. The lowest BCUT2D eigenvalue weighted by Gasteiger charge is -2.33. The molecule has 2 aromatic heterocycles. The van der Waals surface area contributed by atoms with Crippen molar-refractivity contribution in [2.75, 3.05) is 19.0 Å². The second-order valence-electron chi connectivity index (χ2n) is 18.1. The normalized spacial score (nSPS) is 25.8. The summed E-state index contributed by atoms with van der Waals surface area (Å²) in [5, 5.41) is 10.1. The number of methoxy groups -OCH3 is 1. The van der Waals surface area contributed by atoms with Gasteiger partial charge < -0.3 is 44.7 Å². The summed E-state index contributed by atoms with van der Waals surface area (Å²) in [6.45, 7) is 5.19. The zero-order chi connectivity index (χ0) is 47.8. The van der Waals surface area contributed by atoms with Gasteiger partial charge in [-0.2, -0.15) is 0 Å². The molecule has 2 saturated heterocycles. The maximum atomic E-state index is 15.0. The molecule has 0 radical (unpaired) electrons. The maximum absolute atomic E-state index is 15.0. The molecule has 2 aliphatic heterocycles. The first kappa shape index (κ1) is 48.4. The standard InChI is InChI=1S/C46H54ClF2N6O10PS/c1-24(2)50-44-52-34(23-67-44)33-19-37(29-16-17-36(62-4)39(47)41(29)51-33)64-28-18-35-42(57)54-46(66(60,61)22-30-31(48)13-9-14-32(30)49)20-26(46)10-5-8-15-38(56)63-25(3)40(43(58)55(35)21-28)53-45(59)65-27-11-6-7-12-27/h9,13-14,16-17,19,23-28,35,40H,5-8,10-12,15,18,20-22H2,1-4H3,(H,50,52)(H,53,59)(H,54,57)(H,60,61)/t25-,26+,28+,35-,40-,46-/m0/s1. The van der Waals surface area contributed by atoms with E-state index in [2.05, 4.69) is 16.0 Å². The fourth-order valence-electron chi connectivity index (χ4n) is 9.39. The van der Waals surface area contributed by atoms with Crippen LogP contribution < -0.4 is 25.4 Å². The molecule has 2 aliphatic carbocycles. The van der Waals surface area contributed by atoms with Crippen LogP contribution >= 0.6 is 30.3 Å². The minimum absolute atomic E-state index is 0.00285. The number of hydrogen-bond acceptors (Lipinski definition) is 13. The Bertz CT molecular complexity index is 2580. The second-order valence-corrected chi connectivity index (χ2v) is 21.8. The van der Waals surface area contributed by atoms with E-state index in [0.717, 1.165) is 31.0 Å². The third-order valence-electron chi connectivity index (χ3n) is 12.9. The maximum Gasteiger partial charge on any atom is 0.408 e. The van der Waals surface area contributed by atoms with E-state index in [9.17, 15) is 32.6 Å². The van der Waals surface area contributed by atoms with Crippen molar-refractivity contribution in [3.05, 3.63) is 64.0 Å². The summed E-state index contributed by atoms with van der Waals surface area (Å²) in [6, 6.07) is 5.35. The van der Waals surface area contributed by atoms with E-state index in [4.69, 9.17) is 40.5 Å². The van der Waals surface area contributed by atoms with Crippen molar-refractivity contribution < 1.29 is 56.4 Å². The molecule has 2 aromatic carbocycles. The number of hydrogen-bond donors (Lipinski definition) is 4. The van der Waals surface area contributed by atoms with Crippen LogP contribution in [-0.4, -0.2) is 99.0 Å². The number of benzene rings is 2. The predicted molar refractivity (Wildman–Crippen MR) is 246 cm³/mol. The van der Waals surface area contributed by atoms with Gasteiger partial charge >= 0.3 is 12.1 Å². The zero-order valence-electron chi connectivity index (χ0n) is 37.5. The summed E-state index contributed by atoms with van der Waals surface area (Å²) in [5.41, 5.74) is 0.655. The smallest absolute Gasteiger partial charge is 0.408 e. The third kappa shape index (κ3) is 10.3. The van der Waals surface area contributed by atoms with Crippen molar-refractivity contribution in [3.63, 3.8) is 0 Å². The highest BCUT2D eigenvalue weighted by molar-refractivity contribution is 7.59. The Balaban J connectivity index is 1.17. The Morgan fingerprint density at radius 2 is 1.79 bits per heavy atom. The number of halogens is 3. The first-order chi connectivity index (χ1) is 32.0. The molecule has 8 rings (SSSR count). The first-order valence-electron chi connectivity index (χ1n) is 22.6. The Morgan fingerprint density at radius 1 is 1.06 bits per heavy atom. The van der Waals surface area contributed by atoms with Crippen molar-refractivity contribution in [2.45, 2.75) is 133 Å². The lowest BCUT2D eigenvalue weighted by Crippen LogP contribution is -2.58. The molecule has 16 nitrogen and oxygen atoms in total. The number of nitrogens with one attached hydrogen (secondary N) is 3. The zero-order valence-corrected chi connectivity index (χ0v) is 40.0. The monoisotopic (exact) mass is 986 g/mol. The summed E-state index contributed by atoms with van der Waals surface area (Å²) < 4.78 is 68.2. The van der Waals surface area contributed by atoms with E-state index < -0.39 is 90.1 Å². The van der Waals surface area contributed by atoms with Gasteiger partial charge in [-0.1, -0.05) is 24.1 Å². The minimum Gasteiger partial charge on any atom is -0.495 e. The van der Waals surface area contributed by atoms with Gasteiger partial charge in [0.25, 0.3) is 0 Å². The molecule has 2 saturated carbocycles. The second kappa shape index (κ2) is 19.9. The van der Waals surface area contributed by atoms with E-state index in [-0.39, 0.29) is 48.7 Å². The fourth-order valence-corrected chi connectivity index (χ4v) is 13.0. The molecule has 0 spiro atoms. The van der Waals surface area contributed by atoms with Gasteiger partial charge in [-0.25, -0.2) is 23.5 Å². The number of thiazole rings is 1.